The molecule has 2 rings (SSSR count). The van der Waals surface area contributed by atoms with Crippen LogP contribution in [0, 0.1) is 0 Å². The standard InChI is InChI=1S/C12H23N3O/c13-11(16)12(5-7-14-8-6-12)15-9-3-1-2-4-10-15/h14H,1-10H2,(H2,13,16). The van der Waals surface area contributed by atoms with Crippen LogP contribution in [0.2, 0.25) is 0 Å². The molecule has 0 aromatic rings. The van der Waals surface area contributed by atoms with Crippen molar-refractivity contribution in [2.75, 3.05) is 26.2 Å². The summed E-state index contributed by atoms with van der Waals surface area (Å²) < 4.78 is 0. The summed E-state index contributed by atoms with van der Waals surface area (Å²) in [6, 6.07) is 0. The topological polar surface area (TPSA) is 58.4 Å². The van der Waals surface area contributed by atoms with Crippen molar-refractivity contribution in [3.8, 4) is 0 Å². The Labute approximate surface area is 97.6 Å². The number of nitrogens with zero attached hydrogens (tertiary/aromatic N) is 1. The van der Waals surface area contributed by atoms with Gasteiger partial charge in [-0.05, 0) is 51.9 Å². The van der Waals surface area contributed by atoms with Crippen molar-refractivity contribution in [2.24, 2.45) is 5.73 Å². The third-order valence-corrected chi connectivity index (χ3v) is 4.10. The molecule has 16 heavy (non-hydrogen) atoms. The van der Waals surface area contributed by atoms with Crippen LogP contribution in [-0.4, -0.2) is 42.5 Å². The summed E-state index contributed by atoms with van der Waals surface area (Å²) in [7, 11) is 0. The number of hydrogen-bond donors (Lipinski definition) is 2. The van der Waals surface area contributed by atoms with E-state index in [9.17, 15) is 4.79 Å². The van der Waals surface area contributed by atoms with Crippen LogP contribution < -0.4 is 11.1 Å². The van der Waals surface area contributed by atoms with E-state index in [2.05, 4.69) is 10.2 Å². The Morgan fingerprint density at radius 2 is 1.62 bits per heavy atom. The van der Waals surface area contributed by atoms with E-state index < -0.39 is 0 Å². The molecule has 3 N–H and O–H groups in total. The molecule has 0 atom stereocenters. The molecule has 0 aromatic carbocycles. The second-order valence-corrected chi connectivity index (χ2v) is 5.05. The summed E-state index contributed by atoms with van der Waals surface area (Å²) in [4.78, 5) is 14.2. The molecular weight excluding hydrogens is 202 g/mol. The van der Waals surface area contributed by atoms with Gasteiger partial charge in [0.25, 0.3) is 0 Å². The van der Waals surface area contributed by atoms with Crippen LogP contribution in [-0.2, 0) is 4.79 Å². The van der Waals surface area contributed by atoms with Crippen LogP contribution in [0.5, 0.6) is 0 Å². The van der Waals surface area contributed by atoms with E-state index in [1.165, 1.54) is 25.7 Å². The average molecular weight is 225 g/mol. The minimum absolute atomic E-state index is 0.115. The number of hydrogen-bond acceptors (Lipinski definition) is 3. The molecule has 0 unspecified atom stereocenters. The summed E-state index contributed by atoms with van der Waals surface area (Å²) in [6.45, 7) is 3.92. The van der Waals surface area contributed by atoms with E-state index in [1.54, 1.807) is 0 Å². The number of carbonyl (C=O) groups is 1. The third-order valence-electron chi connectivity index (χ3n) is 4.10. The average Bonchev–Trinajstić information content (AvgIpc) is 2.58. The first-order valence-electron chi connectivity index (χ1n) is 6.51. The monoisotopic (exact) mass is 225 g/mol. The molecule has 2 aliphatic rings. The number of amides is 1. The van der Waals surface area contributed by atoms with Crippen molar-refractivity contribution < 1.29 is 4.79 Å². The van der Waals surface area contributed by atoms with Crippen LogP contribution in [0.4, 0.5) is 0 Å². The fourth-order valence-corrected chi connectivity index (χ4v) is 3.06. The molecular formula is C12H23N3O. The zero-order valence-corrected chi connectivity index (χ0v) is 10.0. The highest BCUT2D eigenvalue weighted by Gasteiger charge is 2.43. The molecule has 4 heteroatoms. The lowest BCUT2D eigenvalue weighted by atomic mass is 9.85. The number of likely N-dealkylation sites (tertiary alicyclic amines) is 1. The highest BCUT2D eigenvalue weighted by molar-refractivity contribution is 5.84. The summed E-state index contributed by atoms with van der Waals surface area (Å²) in [6.07, 6.45) is 6.77. The largest absolute Gasteiger partial charge is 0.368 e. The molecule has 0 spiro atoms. The van der Waals surface area contributed by atoms with Crippen molar-refractivity contribution in [1.82, 2.24) is 10.2 Å². The summed E-state index contributed by atoms with van der Waals surface area (Å²) in [5, 5.41) is 3.31. The molecule has 4 nitrogen and oxygen atoms in total. The predicted octanol–water partition coefficient (Wildman–Crippen LogP) is 0.470. The molecule has 0 bridgehead atoms. The number of primary amides is 1. The number of piperidine rings is 1. The number of nitrogens with two attached hydrogens (primary N) is 1. The first-order chi connectivity index (χ1) is 7.76. The summed E-state index contributed by atoms with van der Waals surface area (Å²) in [5.41, 5.74) is 5.32. The van der Waals surface area contributed by atoms with Gasteiger partial charge in [0.1, 0.15) is 5.54 Å². The van der Waals surface area contributed by atoms with Gasteiger partial charge in [0.05, 0.1) is 0 Å². The van der Waals surface area contributed by atoms with E-state index in [-0.39, 0.29) is 11.4 Å². The SMILES string of the molecule is NC(=O)C1(N2CCCCCC2)CCNCC1. The number of rotatable bonds is 2. The van der Waals surface area contributed by atoms with Crippen molar-refractivity contribution in [3.05, 3.63) is 0 Å². The molecule has 2 fully saturated rings. The maximum absolute atomic E-state index is 11.8. The van der Waals surface area contributed by atoms with Gasteiger partial charge < -0.3 is 11.1 Å². The van der Waals surface area contributed by atoms with E-state index in [4.69, 9.17) is 5.73 Å². The molecule has 1 amide bonds. The first-order valence-corrected chi connectivity index (χ1v) is 6.51. The summed E-state index contributed by atoms with van der Waals surface area (Å²) in [5.74, 6) is -0.115. The van der Waals surface area contributed by atoms with Crippen LogP contribution in [0.3, 0.4) is 0 Å². The fraction of sp³-hybridized carbons (Fsp3) is 0.917. The molecule has 2 heterocycles. The summed E-state index contributed by atoms with van der Waals surface area (Å²) >= 11 is 0. The maximum Gasteiger partial charge on any atom is 0.238 e. The van der Waals surface area contributed by atoms with Gasteiger partial charge in [-0.3, -0.25) is 9.69 Å². The van der Waals surface area contributed by atoms with Gasteiger partial charge in [-0.1, -0.05) is 12.8 Å². The Morgan fingerprint density at radius 3 is 2.12 bits per heavy atom. The minimum atomic E-state index is -0.352. The van der Waals surface area contributed by atoms with Crippen LogP contribution in [0.25, 0.3) is 0 Å². The number of nitrogens with one attached hydrogen (secondary N) is 1. The normalized spacial score (nSPS) is 27.2. The molecule has 2 saturated heterocycles. The van der Waals surface area contributed by atoms with Crippen molar-refractivity contribution in [3.63, 3.8) is 0 Å². The smallest absolute Gasteiger partial charge is 0.238 e. The zero-order valence-electron chi connectivity index (χ0n) is 10.0. The zero-order chi connectivity index (χ0) is 11.4. The Bertz CT molecular complexity index is 241. The number of carbonyl (C=O) groups excluding carboxylic acids is 1. The van der Waals surface area contributed by atoms with Gasteiger partial charge >= 0.3 is 0 Å². The Morgan fingerprint density at radius 1 is 1.06 bits per heavy atom. The molecule has 92 valence electrons. The minimum Gasteiger partial charge on any atom is -0.368 e. The highest BCUT2D eigenvalue weighted by atomic mass is 16.1. The van der Waals surface area contributed by atoms with E-state index in [0.29, 0.717) is 0 Å². The second kappa shape index (κ2) is 5.15. The molecule has 0 aliphatic carbocycles. The van der Waals surface area contributed by atoms with Gasteiger partial charge in [0, 0.05) is 0 Å². The fourth-order valence-electron chi connectivity index (χ4n) is 3.06. The van der Waals surface area contributed by atoms with E-state index in [0.717, 1.165) is 39.0 Å². The van der Waals surface area contributed by atoms with Gasteiger partial charge in [-0.25, -0.2) is 0 Å². The van der Waals surface area contributed by atoms with Gasteiger partial charge in [0.15, 0.2) is 0 Å². The molecule has 2 aliphatic heterocycles. The quantitative estimate of drug-likeness (QED) is 0.718. The lowest BCUT2D eigenvalue weighted by Crippen LogP contribution is -2.62. The third kappa shape index (κ3) is 2.23. The van der Waals surface area contributed by atoms with E-state index in [1.807, 2.05) is 0 Å². The van der Waals surface area contributed by atoms with Crippen molar-refractivity contribution in [1.29, 1.82) is 0 Å². The van der Waals surface area contributed by atoms with Crippen molar-refractivity contribution >= 4 is 5.91 Å². The molecule has 0 saturated carbocycles. The second-order valence-electron chi connectivity index (χ2n) is 5.05. The van der Waals surface area contributed by atoms with Crippen LogP contribution >= 0.6 is 0 Å². The van der Waals surface area contributed by atoms with Gasteiger partial charge in [0.2, 0.25) is 5.91 Å². The first kappa shape index (κ1) is 11.9. The Kier molecular flexibility index (Phi) is 3.82. The Hall–Kier alpha value is -0.610. The highest BCUT2D eigenvalue weighted by Crippen LogP contribution is 2.28. The maximum atomic E-state index is 11.8. The Balaban J connectivity index is 2.12. The molecule has 0 radical (unpaired) electrons. The van der Waals surface area contributed by atoms with Crippen LogP contribution in [0.15, 0.2) is 0 Å². The van der Waals surface area contributed by atoms with Crippen LogP contribution in [0.1, 0.15) is 38.5 Å². The predicted molar refractivity (Wildman–Crippen MR) is 64.1 cm³/mol. The van der Waals surface area contributed by atoms with Crippen molar-refractivity contribution in [2.45, 2.75) is 44.1 Å². The lowest BCUT2D eigenvalue weighted by molar-refractivity contribution is -0.132. The van der Waals surface area contributed by atoms with Gasteiger partial charge in [-0.15, -0.1) is 0 Å². The lowest BCUT2D eigenvalue weighted by Gasteiger charge is -2.44. The van der Waals surface area contributed by atoms with Gasteiger partial charge in [-0.2, -0.15) is 0 Å². The molecule has 0 aromatic heterocycles. The van der Waals surface area contributed by atoms with E-state index >= 15 is 0 Å².